The number of fused-ring (bicyclic) bond motifs is 1. The molecule has 8 heteroatoms. The van der Waals surface area contributed by atoms with Crippen LogP contribution in [0.25, 0.3) is 0 Å². The molecule has 2 N–H and O–H groups in total. The Hall–Kier alpha value is -3.19. The Morgan fingerprint density at radius 1 is 1.07 bits per heavy atom. The molecule has 1 aliphatic heterocycles. The molecule has 1 aliphatic rings. The van der Waals surface area contributed by atoms with Crippen molar-refractivity contribution in [1.82, 2.24) is 4.90 Å². The summed E-state index contributed by atoms with van der Waals surface area (Å²) in [6.45, 7) is 2.29. The summed E-state index contributed by atoms with van der Waals surface area (Å²) in [5.41, 5.74) is 0.479. The number of amides is 3. The average molecular weight is 401 g/mol. The third-order valence-electron chi connectivity index (χ3n) is 4.43. The van der Waals surface area contributed by atoms with Crippen LogP contribution in [0.15, 0.2) is 36.4 Å². The lowest BCUT2D eigenvalue weighted by Crippen LogP contribution is -2.30. The number of carbonyl (C=O) groups excluding carboxylic acids is 3. The van der Waals surface area contributed by atoms with Gasteiger partial charge in [0.25, 0.3) is 17.7 Å². The van der Waals surface area contributed by atoms with Gasteiger partial charge >= 0.3 is 5.97 Å². The summed E-state index contributed by atoms with van der Waals surface area (Å²) in [5, 5.41) is 12.0. The number of unbranched alkanes of at least 4 members (excludes halogenated alkanes) is 1. The topological polar surface area (TPSA) is 104 Å². The SMILES string of the molecule is CCCCN1C(=O)c2ccc(C(=O)Nc3cc(Cl)ccc3C(=O)O)cc2C1=O. The van der Waals surface area contributed by atoms with Crippen molar-refractivity contribution in [1.29, 1.82) is 0 Å². The molecular formula is C20H17ClN2O5. The van der Waals surface area contributed by atoms with Crippen molar-refractivity contribution in [2.24, 2.45) is 0 Å². The summed E-state index contributed by atoms with van der Waals surface area (Å²) < 4.78 is 0. The quantitative estimate of drug-likeness (QED) is 0.720. The number of imide groups is 1. The molecule has 28 heavy (non-hydrogen) atoms. The van der Waals surface area contributed by atoms with Crippen molar-refractivity contribution in [3.05, 3.63) is 63.7 Å². The standard InChI is InChI=1S/C20H17ClN2O5/c1-2-3-8-23-18(25)13-6-4-11(9-15(13)19(23)26)17(24)22-16-10-12(21)5-7-14(16)20(27)28/h4-7,9-10H,2-3,8H2,1H3,(H,22,24)(H,27,28). The highest BCUT2D eigenvalue weighted by Gasteiger charge is 2.35. The van der Waals surface area contributed by atoms with E-state index in [1.165, 1.54) is 41.3 Å². The van der Waals surface area contributed by atoms with Crippen molar-refractivity contribution in [3.8, 4) is 0 Å². The second-order valence-corrected chi connectivity index (χ2v) is 6.76. The van der Waals surface area contributed by atoms with Crippen LogP contribution in [0, 0.1) is 0 Å². The van der Waals surface area contributed by atoms with Gasteiger partial charge in [0.1, 0.15) is 0 Å². The van der Waals surface area contributed by atoms with Gasteiger partial charge in [-0.2, -0.15) is 0 Å². The highest BCUT2D eigenvalue weighted by atomic mass is 35.5. The fourth-order valence-electron chi connectivity index (χ4n) is 2.95. The molecule has 7 nitrogen and oxygen atoms in total. The molecule has 3 amide bonds. The van der Waals surface area contributed by atoms with E-state index >= 15 is 0 Å². The van der Waals surface area contributed by atoms with E-state index < -0.39 is 17.8 Å². The van der Waals surface area contributed by atoms with E-state index in [0.717, 1.165) is 6.42 Å². The van der Waals surface area contributed by atoms with Crippen LogP contribution in [0.4, 0.5) is 5.69 Å². The molecule has 0 fully saturated rings. The first-order chi connectivity index (χ1) is 13.3. The molecule has 0 spiro atoms. The van der Waals surface area contributed by atoms with Crippen LogP contribution in [0.3, 0.4) is 0 Å². The first kappa shape index (κ1) is 19.6. The van der Waals surface area contributed by atoms with E-state index in [2.05, 4.69) is 5.32 Å². The lowest BCUT2D eigenvalue weighted by atomic mass is 10.0. The minimum Gasteiger partial charge on any atom is -0.478 e. The zero-order valence-electron chi connectivity index (χ0n) is 15.0. The summed E-state index contributed by atoms with van der Waals surface area (Å²) in [5.74, 6) is -2.63. The summed E-state index contributed by atoms with van der Waals surface area (Å²) in [6.07, 6.45) is 1.54. The maximum Gasteiger partial charge on any atom is 0.337 e. The zero-order chi connectivity index (χ0) is 20.4. The Kier molecular flexibility index (Phi) is 5.46. The number of carboxylic acid groups (broad SMARTS) is 1. The number of aromatic carboxylic acids is 1. The van der Waals surface area contributed by atoms with Gasteiger partial charge in [0.05, 0.1) is 22.4 Å². The molecule has 0 saturated carbocycles. The Labute approximate surface area is 165 Å². The molecule has 0 atom stereocenters. The minimum atomic E-state index is -1.21. The molecule has 0 aliphatic carbocycles. The van der Waals surface area contributed by atoms with Gasteiger partial charge in [-0.25, -0.2) is 4.79 Å². The fraction of sp³-hybridized carbons (Fsp3) is 0.200. The van der Waals surface area contributed by atoms with E-state index in [-0.39, 0.29) is 38.9 Å². The van der Waals surface area contributed by atoms with Gasteiger partial charge in [-0.05, 0) is 42.8 Å². The van der Waals surface area contributed by atoms with Gasteiger partial charge in [0, 0.05) is 17.1 Å². The molecule has 2 aromatic carbocycles. The number of nitrogens with one attached hydrogen (secondary N) is 1. The second-order valence-electron chi connectivity index (χ2n) is 6.33. The van der Waals surface area contributed by atoms with E-state index in [0.29, 0.717) is 13.0 Å². The predicted molar refractivity (Wildman–Crippen MR) is 103 cm³/mol. The molecule has 1 heterocycles. The number of benzene rings is 2. The van der Waals surface area contributed by atoms with Gasteiger partial charge in [0.2, 0.25) is 0 Å². The lowest BCUT2D eigenvalue weighted by Gasteiger charge is -2.12. The minimum absolute atomic E-state index is 0.0393. The fourth-order valence-corrected chi connectivity index (χ4v) is 3.12. The van der Waals surface area contributed by atoms with Crippen molar-refractivity contribution in [2.45, 2.75) is 19.8 Å². The van der Waals surface area contributed by atoms with E-state index in [4.69, 9.17) is 11.6 Å². The summed E-state index contributed by atoms with van der Waals surface area (Å²) >= 11 is 5.89. The van der Waals surface area contributed by atoms with Crippen LogP contribution >= 0.6 is 11.6 Å². The van der Waals surface area contributed by atoms with Crippen molar-refractivity contribution in [2.75, 3.05) is 11.9 Å². The first-order valence-corrected chi connectivity index (χ1v) is 9.05. The number of anilines is 1. The lowest BCUT2D eigenvalue weighted by molar-refractivity contribution is 0.0648. The van der Waals surface area contributed by atoms with Crippen LogP contribution < -0.4 is 5.32 Å². The Morgan fingerprint density at radius 2 is 1.79 bits per heavy atom. The molecule has 0 bridgehead atoms. The van der Waals surface area contributed by atoms with Gasteiger partial charge in [-0.1, -0.05) is 24.9 Å². The molecule has 144 valence electrons. The smallest absolute Gasteiger partial charge is 0.337 e. The average Bonchev–Trinajstić information content (AvgIpc) is 2.90. The summed E-state index contributed by atoms with van der Waals surface area (Å²) in [7, 11) is 0. The molecule has 3 rings (SSSR count). The molecular weight excluding hydrogens is 384 g/mol. The number of carboxylic acids is 1. The van der Waals surface area contributed by atoms with Crippen molar-refractivity contribution in [3.63, 3.8) is 0 Å². The summed E-state index contributed by atoms with van der Waals surface area (Å²) in [6, 6.07) is 8.24. The second kappa shape index (κ2) is 7.82. The highest BCUT2D eigenvalue weighted by Crippen LogP contribution is 2.26. The number of nitrogens with zero attached hydrogens (tertiary/aromatic N) is 1. The van der Waals surface area contributed by atoms with E-state index in [1.54, 1.807) is 0 Å². The monoisotopic (exact) mass is 400 g/mol. The van der Waals surface area contributed by atoms with Crippen molar-refractivity contribution >= 4 is 41.0 Å². The van der Waals surface area contributed by atoms with E-state index in [9.17, 15) is 24.3 Å². The van der Waals surface area contributed by atoms with Crippen LogP contribution in [-0.2, 0) is 0 Å². The Balaban J connectivity index is 1.88. The Morgan fingerprint density at radius 3 is 2.46 bits per heavy atom. The number of rotatable bonds is 6. The number of hydrogen-bond donors (Lipinski definition) is 2. The van der Waals surface area contributed by atoms with Crippen molar-refractivity contribution < 1.29 is 24.3 Å². The normalized spacial score (nSPS) is 12.9. The number of halogens is 1. The first-order valence-electron chi connectivity index (χ1n) is 8.68. The van der Waals surface area contributed by atoms with Gasteiger partial charge in [-0.15, -0.1) is 0 Å². The maximum atomic E-state index is 12.6. The molecule has 0 radical (unpaired) electrons. The third-order valence-corrected chi connectivity index (χ3v) is 4.66. The number of hydrogen-bond acceptors (Lipinski definition) is 4. The molecule has 0 unspecified atom stereocenters. The van der Waals surface area contributed by atoms with E-state index in [1.807, 2.05) is 6.92 Å². The van der Waals surface area contributed by atoms with Gasteiger partial charge in [0.15, 0.2) is 0 Å². The maximum absolute atomic E-state index is 12.6. The van der Waals surface area contributed by atoms with Crippen LogP contribution in [0.1, 0.15) is 61.2 Å². The summed E-state index contributed by atoms with van der Waals surface area (Å²) in [4.78, 5) is 50.0. The molecule has 0 aromatic heterocycles. The highest BCUT2D eigenvalue weighted by molar-refractivity contribution is 6.31. The third kappa shape index (κ3) is 3.61. The van der Waals surface area contributed by atoms with Gasteiger partial charge < -0.3 is 10.4 Å². The zero-order valence-corrected chi connectivity index (χ0v) is 15.7. The number of carbonyl (C=O) groups is 4. The molecule has 0 saturated heterocycles. The largest absolute Gasteiger partial charge is 0.478 e. The van der Waals surface area contributed by atoms with Gasteiger partial charge in [-0.3, -0.25) is 19.3 Å². The Bertz CT molecular complexity index is 1000. The van der Waals surface area contributed by atoms with Crippen LogP contribution in [-0.4, -0.2) is 40.2 Å². The molecule has 2 aromatic rings. The predicted octanol–water partition coefficient (Wildman–Crippen LogP) is 3.69. The van der Waals surface area contributed by atoms with Crippen LogP contribution in [0.5, 0.6) is 0 Å². The van der Waals surface area contributed by atoms with Crippen LogP contribution in [0.2, 0.25) is 5.02 Å².